The van der Waals surface area contributed by atoms with Gasteiger partial charge in [0.1, 0.15) is 5.82 Å². The molecule has 28 heavy (non-hydrogen) atoms. The zero-order valence-corrected chi connectivity index (χ0v) is 15.9. The second kappa shape index (κ2) is 5.55. The van der Waals surface area contributed by atoms with Crippen LogP contribution in [0.2, 0.25) is 5.02 Å². The van der Waals surface area contributed by atoms with Gasteiger partial charge in [-0.25, -0.2) is 4.98 Å². The van der Waals surface area contributed by atoms with Gasteiger partial charge in [0.05, 0.1) is 41.0 Å². The number of carbonyl (C=O) groups excluding carboxylic acids is 1. The first-order valence-electron chi connectivity index (χ1n) is 9.68. The van der Waals surface area contributed by atoms with Gasteiger partial charge >= 0.3 is 0 Å². The monoisotopic (exact) mass is 394 g/mol. The van der Waals surface area contributed by atoms with Gasteiger partial charge in [-0.1, -0.05) is 11.6 Å². The number of aliphatic hydroxyl groups excluding tert-OH is 1. The van der Waals surface area contributed by atoms with Gasteiger partial charge in [-0.3, -0.25) is 9.78 Å². The average Bonchev–Trinajstić information content (AvgIpc) is 3.35. The molecular formula is C21H19ClN4O2. The number of rotatable bonds is 3. The molecule has 0 radical (unpaired) electrons. The molecule has 0 atom stereocenters. The molecule has 6 nitrogen and oxygen atoms in total. The minimum absolute atomic E-state index is 0.154. The summed E-state index contributed by atoms with van der Waals surface area (Å²) in [6.45, 7) is 0.401. The van der Waals surface area contributed by atoms with Crippen molar-refractivity contribution in [2.45, 2.75) is 49.8 Å². The summed E-state index contributed by atoms with van der Waals surface area (Å²) in [6.07, 6.45) is 6.50. The van der Waals surface area contributed by atoms with Crippen molar-refractivity contribution in [3.05, 3.63) is 53.1 Å². The Balaban J connectivity index is 1.45. The highest BCUT2D eigenvalue weighted by Gasteiger charge is 2.59. The Morgan fingerprint density at radius 3 is 2.82 bits per heavy atom. The third kappa shape index (κ3) is 2.16. The van der Waals surface area contributed by atoms with Crippen molar-refractivity contribution in [1.29, 1.82) is 0 Å². The first kappa shape index (κ1) is 16.5. The Morgan fingerprint density at radius 2 is 2.07 bits per heavy atom. The molecule has 0 unspecified atom stereocenters. The van der Waals surface area contributed by atoms with E-state index in [1.165, 1.54) is 0 Å². The quantitative estimate of drug-likeness (QED) is 0.739. The Kier molecular flexibility index (Phi) is 3.27. The molecule has 6 rings (SSSR count). The van der Waals surface area contributed by atoms with Crippen molar-refractivity contribution in [2.24, 2.45) is 0 Å². The molecule has 0 saturated heterocycles. The SMILES string of the molecule is O=C1N(Cc2nc3cc(Cl)ccc3n2C2CC(O)C2)c2cnccc2C12CC2. The molecule has 3 aromatic rings. The number of benzene rings is 1. The van der Waals surface area contributed by atoms with Crippen LogP contribution in [0.5, 0.6) is 0 Å². The molecule has 1 amide bonds. The molecule has 2 fully saturated rings. The number of imidazole rings is 1. The first-order valence-corrected chi connectivity index (χ1v) is 10.1. The van der Waals surface area contributed by atoms with E-state index < -0.39 is 0 Å². The Bertz CT molecular complexity index is 1130. The van der Waals surface area contributed by atoms with E-state index in [9.17, 15) is 9.90 Å². The third-order valence-electron chi connectivity index (χ3n) is 6.49. The summed E-state index contributed by atoms with van der Waals surface area (Å²) in [5, 5.41) is 10.5. The highest BCUT2D eigenvalue weighted by atomic mass is 35.5. The number of halogens is 1. The molecule has 0 bridgehead atoms. The summed E-state index contributed by atoms with van der Waals surface area (Å²) in [6, 6.07) is 7.86. The number of aromatic nitrogens is 3. The summed E-state index contributed by atoms with van der Waals surface area (Å²) in [5.41, 5.74) is 3.47. The molecule has 3 heterocycles. The van der Waals surface area contributed by atoms with Crippen molar-refractivity contribution in [3.63, 3.8) is 0 Å². The van der Waals surface area contributed by atoms with Gasteiger partial charge in [-0.05, 0) is 55.5 Å². The third-order valence-corrected chi connectivity index (χ3v) is 6.72. The molecule has 1 aliphatic heterocycles. The van der Waals surface area contributed by atoms with Crippen LogP contribution in [0.3, 0.4) is 0 Å². The van der Waals surface area contributed by atoms with Crippen molar-refractivity contribution in [2.75, 3.05) is 4.90 Å². The lowest BCUT2D eigenvalue weighted by Crippen LogP contribution is -2.35. The van der Waals surface area contributed by atoms with Gasteiger partial charge in [0.25, 0.3) is 0 Å². The van der Waals surface area contributed by atoms with Gasteiger partial charge in [0, 0.05) is 17.3 Å². The molecule has 3 aliphatic rings. The maximum absolute atomic E-state index is 13.2. The maximum atomic E-state index is 13.2. The molecule has 1 aromatic carbocycles. The zero-order chi connectivity index (χ0) is 19.0. The number of amides is 1. The van der Waals surface area contributed by atoms with E-state index in [-0.39, 0.29) is 23.5 Å². The van der Waals surface area contributed by atoms with Gasteiger partial charge in [-0.2, -0.15) is 0 Å². The normalized spacial score (nSPS) is 24.6. The van der Waals surface area contributed by atoms with Gasteiger partial charge in [-0.15, -0.1) is 0 Å². The lowest BCUT2D eigenvalue weighted by Gasteiger charge is -2.34. The van der Waals surface area contributed by atoms with E-state index >= 15 is 0 Å². The molecule has 2 aromatic heterocycles. The molecule has 7 heteroatoms. The number of anilines is 1. The lowest BCUT2D eigenvalue weighted by atomic mass is 9.89. The molecule has 2 aliphatic carbocycles. The van der Waals surface area contributed by atoms with Crippen LogP contribution < -0.4 is 4.90 Å². The maximum Gasteiger partial charge on any atom is 0.238 e. The predicted octanol–water partition coefficient (Wildman–Crippen LogP) is 3.36. The minimum atomic E-state index is -0.342. The predicted molar refractivity (Wildman–Crippen MR) is 105 cm³/mol. The minimum Gasteiger partial charge on any atom is -0.393 e. The largest absolute Gasteiger partial charge is 0.393 e. The van der Waals surface area contributed by atoms with Crippen LogP contribution in [0.15, 0.2) is 36.7 Å². The van der Waals surface area contributed by atoms with Crippen LogP contribution in [0.25, 0.3) is 11.0 Å². The number of nitrogens with zero attached hydrogens (tertiary/aromatic N) is 4. The van der Waals surface area contributed by atoms with E-state index in [1.807, 2.05) is 29.2 Å². The van der Waals surface area contributed by atoms with Crippen LogP contribution >= 0.6 is 11.6 Å². The summed E-state index contributed by atoms with van der Waals surface area (Å²) < 4.78 is 2.18. The number of hydrogen-bond donors (Lipinski definition) is 1. The Hall–Kier alpha value is -2.44. The topological polar surface area (TPSA) is 71.2 Å². The second-order valence-electron chi connectivity index (χ2n) is 8.18. The van der Waals surface area contributed by atoms with Crippen LogP contribution in [0.1, 0.15) is 43.1 Å². The number of carbonyl (C=O) groups is 1. The van der Waals surface area contributed by atoms with E-state index in [0.29, 0.717) is 24.4 Å². The van der Waals surface area contributed by atoms with Gasteiger partial charge < -0.3 is 14.6 Å². The number of pyridine rings is 1. The van der Waals surface area contributed by atoms with E-state index in [0.717, 1.165) is 41.0 Å². The summed E-state index contributed by atoms with van der Waals surface area (Å²) in [5.74, 6) is 0.982. The van der Waals surface area contributed by atoms with E-state index in [2.05, 4.69) is 9.55 Å². The highest BCUT2D eigenvalue weighted by Crippen LogP contribution is 2.57. The molecular weight excluding hydrogens is 376 g/mol. The van der Waals surface area contributed by atoms with Crippen LogP contribution in [0.4, 0.5) is 5.69 Å². The number of aliphatic hydroxyl groups is 1. The van der Waals surface area contributed by atoms with Crippen LogP contribution in [-0.4, -0.2) is 31.7 Å². The molecule has 1 spiro atoms. The standard InChI is InChI=1S/C21H19ClN4O2/c22-12-1-2-17-16(7-12)24-19(26(17)13-8-14(27)9-13)11-25-18-10-23-6-3-15(18)21(4-5-21)20(25)28/h1-3,6-7,10,13-14,27H,4-5,8-9,11H2. The first-order chi connectivity index (χ1) is 13.6. The van der Waals surface area contributed by atoms with Crippen molar-refractivity contribution in [1.82, 2.24) is 14.5 Å². The highest BCUT2D eigenvalue weighted by molar-refractivity contribution is 6.31. The van der Waals surface area contributed by atoms with Crippen molar-refractivity contribution in [3.8, 4) is 0 Å². The fourth-order valence-electron chi connectivity index (χ4n) is 4.81. The number of fused-ring (bicyclic) bond motifs is 3. The Morgan fingerprint density at radius 1 is 1.25 bits per heavy atom. The van der Waals surface area contributed by atoms with E-state index in [4.69, 9.17) is 16.6 Å². The summed E-state index contributed by atoms with van der Waals surface area (Å²) >= 11 is 6.17. The average molecular weight is 395 g/mol. The summed E-state index contributed by atoms with van der Waals surface area (Å²) in [4.78, 5) is 24.2. The Labute approximate surface area is 166 Å². The molecule has 142 valence electrons. The van der Waals surface area contributed by atoms with Gasteiger partial charge in [0.2, 0.25) is 5.91 Å². The zero-order valence-electron chi connectivity index (χ0n) is 15.2. The van der Waals surface area contributed by atoms with Crippen molar-refractivity contribution < 1.29 is 9.90 Å². The summed E-state index contributed by atoms with van der Waals surface area (Å²) in [7, 11) is 0. The fourth-order valence-corrected chi connectivity index (χ4v) is 4.97. The fraction of sp³-hybridized carbons (Fsp3) is 0.381. The molecule has 1 N–H and O–H groups in total. The van der Waals surface area contributed by atoms with Crippen LogP contribution in [0, 0.1) is 0 Å². The van der Waals surface area contributed by atoms with Crippen molar-refractivity contribution >= 4 is 34.2 Å². The van der Waals surface area contributed by atoms with E-state index in [1.54, 1.807) is 12.4 Å². The smallest absolute Gasteiger partial charge is 0.238 e. The number of hydrogen-bond acceptors (Lipinski definition) is 4. The van der Waals surface area contributed by atoms with Gasteiger partial charge in [0.15, 0.2) is 0 Å². The second-order valence-corrected chi connectivity index (χ2v) is 8.61. The molecule has 2 saturated carbocycles. The van der Waals surface area contributed by atoms with Crippen LogP contribution in [-0.2, 0) is 16.8 Å². The lowest BCUT2D eigenvalue weighted by molar-refractivity contribution is -0.120.